The summed E-state index contributed by atoms with van der Waals surface area (Å²) in [7, 11) is 0. The standard InChI is InChI=1S/C27H38N4O4S/c1-6-17(4)25(33)30-22(11-16(2)3)27(35)31-14-21(32)12-23(31)26(34)28-13-19-7-9-20(10-8-19)24-18(5)29-15-36-24/h7-10,15-17,21-23,32H,6,11-14H2,1-5H3,(H,28,34)(H,30,33). The van der Waals surface area contributed by atoms with Gasteiger partial charge in [0, 0.05) is 25.4 Å². The third-order valence-electron chi connectivity index (χ3n) is 6.67. The molecule has 0 aliphatic carbocycles. The second-order valence-electron chi connectivity index (χ2n) is 10.1. The highest BCUT2D eigenvalue weighted by Crippen LogP contribution is 2.27. The van der Waals surface area contributed by atoms with Crippen LogP contribution in [-0.4, -0.2) is 57.4 Å². The van der Waals surface area contributed by atoms with Gasteiger partial charge in [-0.15, -0.1) is 11.3 Å². The van der Waals surface area contributed by atoms with Crippen molar-refractivity contribution in [3.05, 3.63) is 41.0 Å². The molecule has 0 radical (unpaired) electrons. The number of β-amino-alcohol motifs (C(OH)–C–C–N with tert-alkyl or cyclic N) is 1. The maximum absolute atomic E-state index is 13.5. The molecule has 196 valence electrons. The number of carbonyl (C=O) groups is 3. The molecule has 4 atom stereocenters. The Morgan fingerprint density at radius 2 is 1.89 bits per heavy atom. The van der Waals surface area contributed by atoms with Gasteiger partial charge in [-0.1, -0.05) is 52.0 Å². The highest BCUT2D eigenvalue weighted by Gasteiger charge is 2.41. The van der Waals surface area contributed by atoms with Crippen LogP contribution in [0, 0.1) is 18.8 Å². The monoisotopic (exact) mass is 514 g/mol. The molecule has 9 heteroatoms. The zero-order valence-electron chi connectivity index (χ0n) is 21.8. The second kappa shape index (κ2) is 12.5. The highest BCUT2D eigenvalue weighted by atomic mass is 32.1. The van der Waals surface area contributed by atoms with Gasteiger partial charge in [-0.2, -0.15) is 0 Å². The third kappa shape index (κ3) is 6.91. The molecule has 3 N–H and O–H groups in total. The molecular formula is C27H38N4O4S. The molecule has 1 aliphatic rings. The summed E-state index contributed by atoms with van der Waals surface area (Å²) in [5.41, 5.74) is 4.82. The van der Waals surface area contributed by atoms with Gasteiger partial charge in [0.15, 0.2) is 0 Å². The summed E-state index contributed by atoms with van der Waals surface area (Å²) in [6, 6.07) is 6.44. The summed E-state index contributed by atoms with van der Waals surface area (Å²) < 4.78 is 0. The number of nitrogens with one attached hydrogen (secondary N) is 2. The number of thiazole rings is 1. The van der Waals surface area contributed by atoms with E-state index in [0.29, 0.717) is 19.4 Å². The van der Waals surface area contributed by atoms with Crippen molar-refractivity contribution >= 4 is 29.1 Å². The third-order valence-corrected chi connectivity index (χ3v) is 7.65. The Labute approximate surface area is 217 Å². The fourth-order valence-corrected chi connectivity index (χ4v) is 5.17. The molecule has 2 heterocycles. The predicted octanol–water partition coefficient (Wildman–Crippen LogP) is 3.27. The Kier molecular flexibility index (Phi) is 9.62. The summed E-state index contributed by atoms with van der Waals surface area (Å²) in [5.74, 6) is -0.829. The zero-order chi connectivity index (χ0) is 26.4. The van der Waals surface area contributed by atoms with Gasteiger partial charge in [-0.05, 0) is 36.8 Å². The molecule has 3 rings (SSSR count). The molecular weight excluding hydrogens is 476 g/mol. The number of aromatic nitrogens is 1. The van der Waals surface area contributed by atoms with Crippen molar-refractivity contribution < 1.29 is 19.5 Å². The van der Waals surface area contributed by atoms with Crippen LogP contribution in [0.3, 0.4) is 0 Å². The Morgan fingerprint density at radius 1 is 1.19 bits per heavy atom. The van der Waals surface area contributed by atoms with E-state index in [4.69, 9.17) is 0 Å². The number of benzene rings is 1. The number of hydrogen-bond acceptors (Lipinski definition) is 6. The molecule has 0 spiro atoms. The summed E-state index contributed by atoms with van der Waals surface area (Å²) >= 11 is 1.59. The van der Waals surface area contributed by atoms with Gasteiger partial charge >= 0.3 is 0 Å². The Morgan fingerprint density at radius 3 is 2.47 bits per heavy atom. The minimum Gasteiger partial charge on any atom is -0.391 e. The summed E-state index contributed by atoms with van der Waals surface area (Å²) in [4.78, 5) is 45.9. The molecule has 8 nitrogen and oxygen atoms in total. The molecule has 3 amide bonds. The van der Waals surface area contributed by atoms with Crippen molar-refractivity contribution in [3.63, 3.8) is 0 Å². The summed E-state index contributed by atoms with van der Waals surface area (Å²) in [5, 5.41) is 16.1. The van der Waals surface area contributed by atoms with Gasteiger partial charge in [-0.25, -0.2) is 4.98 Å². The van der Waals surface area contributed by atoms with Crippen molar-refractivity contribution in [3.8, 4) is 10.4 Å². The molecule has 1 aromatic carbocycles. The fourth-order valence-electron chi connectivity index (χ4n) is 4.36. The van der Waals surface area contributed by atoms with Crippen molar-refractivity contribution in [1.29, 1.82) is 0 Å². The number of nitrogens with zero attached hydrogens (tertiary/aromatic N) is 2. The second-order valence-corrected chi connectivity index (χ2v) is 10.9. The number of amides is 3. The number of aryl methyl sites for hydroxylation is 1. The SMILES string of the molecule is CCC(C)C(=O)NC(CC(C)C)C(=O)N1CC(O)CC1C(=O)NCc1ccc(-c2scnc2C)cc1. The van der Waals surface area contributed by atoms with Crippen LogP contribution >= 0.6 is 11.3 Å². The molecule has 0 bridgehead atoms. The van der Waals surface area contributed by atoms with E-state index in [1.54, 1.807) is 11.3 Å². The van der Waals surface area contributed by atoms with Crippen molar-refractivity contribution in [1.82, 2.24) is 20.5 Å². The lowest BCUT2D eigenvalue weighted by atomic mass is 10.0. The summed E-state index contributed by atoms with van der Waals surface area (Å²) in [6.45, 7) is 10.1. The maximum atomic E-state index is 13.5. The Bertz CT molecular complexity index is 1050. The van der Waals surface area contributed by atoms with E-state index in [1.807, 2.05) is 64.4 Å². The lowest BCUT2D eigenvalue weighted by Gasteiger charge is -2.30. The van der Waals surface area contributed by atoms with Gasteiger partial charge in [0.25, 0.3) is 0 Å². The van der Waals surface area contributed by atoms with Crippen LogP contribution < -0.4 is 10.6 Å². The van der Waals surface area contributed by atoms with Crippen molar-refractivity contribution in [2.75, 3.05) is 6.54 Å². The molecule has 36 heavy (non-hydrogen) atoms. The number of likely N-dealkylation sites (tertiary alicyclic amines) is 1. The van der Waals surface area contributed by atoms with E-state index in [1.165, 1.54) is 4.90 Å². The predicted molar refractivity (Wildman–Crippen MR) is 141 cm³/mol. The van der Waals surface area contributed by atoms with E-state index < -0.39 is 18.2 Å². The van der Waals surface area contributed by atoms with E-state index in [9.17, 15) is 19.5 Å². The van der Waals surface area contributed by atoms with Crippen LogP contribution in [0.15, 0.2) is 29.8 Å². The molecule has 1 fully saturated rings. The minimum absolute atomic E-state index is 0.0770. The number of carbonyl (C=O) groups excluding carboxylic acids is 3. The largest absolute Gasteiger partial charge is 0.391 e. The zero-order valence-corrected chi connectivity index (χ0v) is 22.6. The first kappa shape index (κ1) is 27.8. The molecule has 1 aromatic heterocycles. The molecule has 0 saturated carbocycles. The first-order valence-corrected chi connectivity index (χ1v) is 13.5. The van der Waals surface area contributed by atoms with E-state index in [-0.39, 0.29) is 42.5 Å². The van der Waals surface area contributed by atoms with E-state index in [0.717, 1.165) is 21.7 Å². The number of hydrogen-bond donors (Lipinski definition) is 3. The quantitative estimate of drug-likeness (QED) is 0.451. The van der Waals surface area contributed by atoms with Gasteiger partial charge in [0.2, 0.25) is 17.7 Å². The first-order chi connectivity index (χ1) is 17.1. The van der Waals surface area contributed by atoms with Crippen molar-refractivity contribution in [2.24, 2.45) is 11.8 Å². The summed E-state index contributed by atoms with van der Waals surface area (Å²) in [6.07, 6.45) is 0.534. The van der Waals surface area contributed by atoms with Gasteiger partial charge < -0.3 is 20.6 Å². The Hall–Kier alpha value is -2.78. The molecule has 4 unspecified atom stereocenters. The van der Waals surface area contributed by atoms with Gasteiger partial charge in [-0.3, -0.25) is 14.4 Å². The van der Waals surface area contributed by atoms with Crippen LogP contribution in [0.25, 0.3) is 10.4 Å². The van der Waals surface area contributed by atoms with Gasteiger partial charge in [0.1, 0.15) is 12.1 Å². The Balaban J connectivity index is 1.66. The van der Waals surface area contributed by atoms with Crippen LogP contribution in [0.5, 0.6) is 0 Å². The fraction of sp³-hybridized carbons (Fsp3) is 0.556. The molecule has 2 aromatic rings. The maximum Gasteiger partial charge on any atom is 0.245 e. The topological polar surface area (TPSA) is 112 Å². The minimum atomic E-state index is -0.781. The van der Waals surface area contributed by atoms with Gasteiger partial charge in [0.05, 0.1) is 22.2 Å². The molecule has 1 saturated heterocycles. The van der Waals surface area contributed by atoms with E-state index >= 15 is 0 Å². The normalized spacial score (nSPS) is 19.2. The first-order valence-electron chi connectivity index (χ1n) is 12.7. The number of aliphatic hydroxyl groups is 1. The van der Waals surface area contributed by atoms with Crippen LogP contribution in [0.1, 0.15) is 58.2 Å². The van der Waals surface area contributed by atoms with Crippen LogP contribution in [0.4, 0.5) is 0 Å². The lowest BCUT2D eigenvalue weighted by Crippen LogP contribution is -2.54. The average molecular weight is 515 g/mol. The van der Waals surface area contributed by atoms with Crippen LogP contribution in [0.2, 0.25) is 0 Å². The number of rotatable bonds is 10. The average Bonchev–Trinajstić information content (AvgIpc) is 3.46. The van der Waals surface area contributed by atoms with E-state index in [2.05, 4.69) is 15.6 Å². The van der Waals surface area contributed by atoms with Crippen LogP contribution in [-0.2, 0) is 20.9 Å². The smallest absolute Gasteiger partial charge is 0.245 e. The van der Waals surface area contributed by atoms with Crippen molar-refractivity contribution in [2.45, 2.75) is 78.6 Å². The lowest BCUT2D eigenvalue weighted by molar-refractivity contribution is -0.142. The molecule has 1 aliphatic heterocycles. The number of aliphatic hydroxyl groups excluding tert-OH is 1. The highest BCUT2D eigenvalue weighted by molar-refractivity contribution is 7.13.